The molecule has 1 aromatic carbocycles. The maximum atomic E-state index is 5.19. The number of hydrogen-bond acceptors (Lipinski definition) is 8. The van der Waals surface area contributed by atoms with E-state index in [2.05, 4.69) is 20.7 Å². The molecule has 114 valence electrons. The minimum absolute atomic E-state index is 0.689. The van der Waals surface area contributed by atoms with Crippen molar-refractivity contribution in [3.05, 3.63) is 41.8 Å². The van der Waals surface area contributed by atoms with Crippen LogP contribution in [0.4, 0.5) is 10.8 Å². The number of benzene rings is 1. The van der Waals surface area contributed by atoms with Crippen LogP contribution < -0.4 is 10.1 Å². The Morgan fingerprint density at radius 3 is 3.00 bits per heavy atom. The number of nitrogens with one attached hydrogen (secondary N) is 1. The summed E-state index contributed by atoms with van der Waals surface area (Å²) in [6.45, 7) is 1.90. The average Bonchev–Trinajstić information content (AvgIpc) is 3.14. The van der Waals surface area contributed by atoms with E-state index in [4.69, 9.17) is 9.26 Å². The van der Waals surface area contributed by atoms with Gasteiger partial charge >= 0.3 is 0 Å². The van der Waals surface area contributed by atoms with Crippen LogP contribution in [0.1, 0.15) is 11.5 Å². The fraction of sp³-hybridized carbons (Fsp3) is 0.214. The molecule has 0 atom stereocenters. The molecule has 0 spiro atoms. The number of hydrogen-bond donors (Lipinski definition) is 1. The van der Waals surface area contributed by atoms with Gasteiger partial charge in [0.1, 0.15) is 11.5 Å². The van der Waals surface area contributed by atoms with Gasteiger partial charge in [-0.2, -0.15) is 0 Å². The van der Waals surface area contributed by atoms with Crippen molar-refractivity contribution in [3.8, 4) is 5.75 Å². The molecule has 0 bridgehead atoms. The van der Waals surface area contributed by atoms with Gasteiger partial charge in [0.2, 0.25) is 5.13 Å². The largest absolute Gasteiger partial charge is 0.497 e. The number of thioether (sulfide) groups is 1. The van der Waals surface area contributed by atoms with Crippen LogP contribution in [0.3, 0.4) is 0 Å². The smallest absolute Gasteiger partial charge is 0.210 e. The minimum atomic E-state index is 0.689. The maximum absolute atomic E-state index is 5.19. The molecule has 3 aromatic rings. The standard InChI is InChI=1S/C14H14N4O2S2/c1-9-6-12(20-18-9)8-21-14-17-16-13(22-14)15-10-4-3-5-11(7-10)19-2/h3-7H,8H2,1-2H3,(H,15,16). The number of aromatic nitrogens is 3. The van der Waals surface area contributed by atoms with Gasteiger partial charge in [0.15, 0.2) is 4.34 Å². The molecule has 0 radical (unpaired) electrons. The summed E-state index contributed by atoms with van der Waals surface area (Å²) in [5.74, 6) is 2.32. The number of rotatable bonds is 6. The Balaban J connectivity index is 1.60. The van der Waals surface area contributed by atoms with E-state index >= 15 is 0 Å². The zero-order valence-electron chi connectivity index (χ0n) is 12.1. The molecule has 2 heterocycles. The van der Waals surface area contributed by atoms with E-state index < -0.39 is 0 Å². The van der Waals surface area contributed by atoms with Crippen molar-refractivity contribution < 1.29 is 9.26 Å². The van der Waals surface area contributed by atoms with Gasteiger partial charge in [0.05, 0.1) is 18.6 Å². The molecule has 2 aromatic heterocycles. The highest BCUT2D eigenvalue weighted by Gasteiger charge is 2.08. The van der Waals surface area contributed by atoms with Gasteiger partial charge in [-0.05, 0) is 19.1 Å². The molecule has 0 aliphatic rings. The summed E-state index contributed by atoms with van der Waals surface area (Å²) >= 11 is 3.07. The van der Waals surface area contributed by atoms with Gasteiger partial charge in [0, 0.05) is 17.8 Å². The Hall–Kier alpha value is -2.06. The highest BCUT2D eigenvalue weighted by Crippen LogP contribution is 2.30. The summed E-state index contributed by atoms with van der Waals surface area (Å²) in [5.41, 5.74) is 1.80. The molecule has 6 nitrogen and oxygen atoms in total. The SMILES string of the molecule is COc1cccc(Nc2nnc(SCc3cc(C)no3)s2)c1. The summed E-state index contributed by atoms with van der Waals surface area (Å²) in [7, 11) is 1.64. The van der Waals surface area contributed by atoms with Crippen molar-refractivity contribution >= 4 is 33.9 Å². The zero-order chi connectivity index (χ0) is 15.4. The van der Waals surface area contributed by atoms with E-state index in [1.54, 1.807) is 18.9 Å². The van der Waals surface area contributed by atoms with Crippen LogP contribution in [-0.4, -0.2) is 22.5 Å². The van der Waals surface area contributed by atoms with E-state index in [0.717, 1.165) is 32.4 Å². The first-order valence-corrected chi connectivity index (χ1v) is 8.33. The van der Waals surface area contributed by atoms with E-state index in [1.807, 2.05) is 37.3 Å². The summed E-state index contributed by atoms with van der Waals surface area (Å²) in [4.78, 5) is 0. The third-order valence-electron chi connectivity index (χ3n) is 2.74. The first kappa shape index (κ1) is 14.9. The monoisotopic (exact) mass is 334 g/mol. The Bertz CT molecular complexity index is 757. The third-order valence-corrected chi connectivity index (χ3v) is 4.74. The first-order valence-electron chi connectivity index (χ1n) is 6.52. The molecule has 0 fully saturated rings. The molecule has 22 heavy (non-hydrogen) atoms. The van der Waals surface area contributed by atoms with Crippen molar-refractivity contribution in [1.29, 1.82) is 0 Å². The second kappa shape index (κ2) is 6.80. The van der Waals surface area contributed by atoms with Crippen LogP contribution in [0.2, 0.25) is 0 Å². The third kappa shape index (κ3) is 3.77. The molecular weight excluding hydrogens is 320 g/mol. The second-order valence-electron chi connectivity index (χ2n) is 4.45. The van der Waals surface area contributed by atoms with Crippen LogP contribution >= 0.6 is 23.1 Å². The normalized spacial score (nSPS) is 10.6. The number of methoxy groups -OCH3 is 1. The van der Waals surface area contributed by atoms with Crippen LogP contribution in [-0.2, 0) is 5.75 Å². The van der Waals surface area contributed by atoms with E-state index in [9.17, 15) is 0 Å². The Kier molecular flexibility index (Phi) is 4.59. The lowest BCUT2D eigenvalue weighted by Crippen LogP contribution is -1.90. The fourth-order valence-electron chi connectivity index (χ4n) is 1.76. The van der Waals surface area contributed by atoms with E-state index in [0.29, 0.717) is 5.75 Å². The maximum Gasteiger partial charge on any atom is 0.210 e. The molecule has 0 amide bonds. The van der Waals surface area contributed by atoms with Gasteiger partial charge in [0.25, 0.3) is 0 Å². The molecule has 8 heteroatoms. The lowest BCUT2D eigenvalue weighted by atomic mass is 10.3. The topological polar surface area (TPSA) is 73.1 Å². The van der Waals surface area contributed by atoms with Crippen LogP contribution in [0, 0.1) is 6.92 Å². The molecule has 1 N–H and O–H groups in total. The highest BCUT2D eigenvalue weighted by molar-refractivity contribution is 8.00. The summed E-state index contributed by atoms with van der Waals surface area (Å²) in [5, 5.41) is 16.1. The molecule has 0 saturated heterocycles. The van der Waals surface area contributed by atoms with Crippen molar-refractivity contribution in [2.75, 3.05) is 12.4 Å². The fourth-order valence-corrected chi connectivity index (χ4v) is 3.41. The lowest BCUT2D eigenvalue weighted by molar-refractivity contribution is 0.391. The van der Waals surface area contributed by atoms with Crippen molar-refractivity contribution in [2.45, 2.75) is 17.0 Å². The van der Waals surface area contributed by atoms with Gasteiger partial charge in [-0.1, -0.05) is 34.3 Å². The minimum Gasteiger partial charge on any atom is -0.497 e. The molecule has 0 aliphatic carbocycles. The van der Waals surface area contributed by atoms with Crippen LogP contribution in [0.15, 0.2) is 39.2 Å². The van der Waals surface area contributed by atoms with Crippen molar-refractivity contribution in [1.82, 2.24) is 15.4 Å². The molecular formula is C14H14N4O2S2. The van der Waals surface area contributed by atoms with Gasteiger partial charge < -0.3 is 14.6 Å². The Labute approximate surface area is 135 Å². The van der Waals surface area contributed by atoms with Gasteiger partial charge in [-0.15, -0.1) is 10.2 Å². The molecule has 3 rings (SSSR count). The number of nitrogens with zero attached hydrogens (tertiary/aromatic N) is 3. The quantitative estimate of drug-likeness (QED) is 0.686. The van der Waals surface area contributed by atoms with Crippen LogP contribution in [0.5, 0.6) is 5.75 Å². The van der Waals surface area contributed by atoms with E-state index in [1.165, 1.54) is 11.3 Å². The lowest BCUT2D eigenvalue weighted by Gasteiger charge is -2.04. The predicted molar refractivity (Wildman–Crippen MR) is 87.0 cm³/mol. The van der Waals surface area contributed by atoms with Crippen molar-refractivity contribution in [3.63, 3.8) is 0 Å². The van der Waals surface area contributed by atoms with Crippen molar-refractivity contribution in [2.24, 2.45) is 0 Å². The molecule has 0 aliphatic heterocycles. The summed E-state index contributed by atoms with van der Waals surface area (Å²) in [6.07, 6.45) is 0. The van der Waals surface area contributed by atoms with Gasteiger partial charge in [-0.25, -0.2) is 0 Å². The first-order chi connectivity index (χ1) is 10.7. The van der Waals surface area contributed by atoms with Crippen LogP contribution in [0.25, 0.3) is 0 Å². The highest BCUT2D eigenvalue weighted by atomic mass is 32.2. The predicted octanol–water partition coefficient (Wildman–Crippen LogP) is 3.88. The van der Waals surface area contributed by atoms with E-state index in [-0.39, 0.29) is 0 Å². The zero-order valence-corrected chi connectivity index (χ0v) is 13.7. The molecule has 0 unspecified atom stereocenters. The Morgan fingerprint density at radius 1 is 1.32 bits per heavy atom. The number of aryl methyl sites for hydroxylation is 1. The molecule has 0 saturated carbocycles. The second-order valence-corrected chi connectivity index (χ2v) is 6.65. The van der Waals surface area contributed by atoms with Gasteiger partial charge in [-0.3, -0.25) is 0 Å². The summed E-state index contributed by atoms with van der Waals surface area (Å²) in [6, 6.07) is 9.60. The summed E-state index contributed by atoms with van der Waals surface area (Å²) < 4.78 is 11.2. The number of anilines is 2. The Morgan fingerprint density at radius 2 is 2.23 bits per heavy atom. The average molecular weight is 334 g/mol. The number of ether oxygens (including phenoxy) is 1.